The fraction of sp³-hybridized carbons (Fsp3) is 0.211. The molecule has 0 aliphatic carbocycles. The summed E-state index contributed by atoms with van der Waals surface area (Å²) in [6.45, 7) is 1.83. The van der Waals surface area contributed by atoms with Crippen molar-refractivity contribution < 1.29 is 28.3 Å². The molecule has 0 radical (unpaired) electrons. The Morgan fingerprint density at radius 3 is 2.52 bits per heavy atom. The Bertz CT molecular complexity index is 1080. The third-order valence-corrected chi connectivity index (χ3v) is 5.35. The number of benzene rings is 2. The third-order valence-electron chi connectivity index (χ3n) is 4.00. The minimum absolute atomic E-state index is 0.0471. The molecular formula is C19H15Br2NO7. The van der Waals surface area contributed by atoms with Crippen molar-refractivity contribution in [1.29, 1.82) is 0 Å². The smallest absolute Gasteiger partial charge is 0.342 e. The predicted molar refractivity (Wildman–Crippen MR) is 112 cm³/mol. The molecule has 0 aliphatic rings. The van der Waals surface area contributed by atoms with Crippen LogP contribution in [0.1, 0.15) is 23.0 Å². The SMILES string of the molecule is CCOC(=O)c1c(COc2ccc([N+](=O)[O-])cc2)oc2cc(Br)c(OC)c(Br)c12. The van der Waals surface area contributed by atoms with E-state index >= 15 is 0 Å². The standard InChI is InChI=1S/C19H15Br2NO7/c1-3-27-19(23)16-14(9-28-11-6-4-10(5-7-11)22(24)25)29-13-8-12(20)18(26-2)17(21)15(13)16/h4-8H,3,9H2,1-2H3. The van der Waals surface area contributed by atoms with Crippen molar-refractivity contribution >= 4 is 54.5 Å². The molecule has 10 heteroatoms. The summed E-state index contributed by atoms with van der Waals surface area (Å²) in [5.41, 5.74) is 0.616. The lowest BCUT2D eigenvalue weighted by atomic mass is 10.1. The summed E-state index contributed by atoms with van der Waals surface area (Å²) in [5.74, 6) is 0.603. The third kappa shape index (κ3) is 4.23. The highest BCUT2D eigenvalue weighted by molar-refractivity contribution is 9.11. The van der Waals surface area contributed by atoms with Crippen LogP contribution in [0.4, 0.5) is 5.69 Å². The van der Waals surface area contributed by atoms with Crippen molar-refractivity contribution in [1.82, 2.24) is 0 Å². The Kier molecular flexibility index (Phi) is 6.43. The van der Waals surface area contributed by atoms with Gasteiger partial charge in [-0.25, -0.2) is 4.79 Å². The largest absolute Gasteiger partial charge is 0.494 e. The number of carbonyl (C=O) groups excluding carboxylic acids is 1. The van der Waals surface area contributed by atoms with Gasteiger partial charge in [0.05, 0.1) is 33.0 Å². The van der Waals surface area contributed by atoms with Gasteiger partial charge in [0.2, 0.25) is 0 Å². The molecule has 0 N–H and O–H groups in total. The van der Waals surface area contributed by atoms with Crippen LogP contribution in [-0.2, 0) is 11.3 Å². The Morgan fingerprint density at radius 1 is 1.24 bits per heavy atom. The van der Waals surface area contributed by atoms with Crippen LogP contribution in [0.2, 0.25) is 0 Å². The van der Waals surface area contributed by atoms with Crippen molar-refractivity contribution in [3.05, 3.63) is 60.7 Å². The molecular weight excluding hydrogens is 514 g/mol. The fourth-order valence-electron chi connectivity index (χ4n) is 2.74. The van der Waals surface area contributed by atoms with Gasteiger partial charge in [-0.3, -0.25) is 10.1 Å². The van der Waals surface area contributed by atoms with E-state index < -0.39 is 10.9 Å². The number of furan rings is 1. The van der Waals surface area contributed by atoms with Gasteiger partial charge in [0.1, 0.15) is 29.3 Å². The monoisotopic (exact) mass is 527 g/mol. The first-order valence-corrected chi connectivity index (χ1v) is 9.97. The molecule has 0 saturated carbocycles. The number of rotatable bonds is 7. The van der Waals surface area contributed by atoms with E-state index in [1.54, 1.807) is 13.0 Å². The van der Waals surface area contributed by atoms with Gasteiger partial charge in [-0.1, -0.05) is 0 Å². The molecule has 0 atom stereocenters. The number of non-ortho nitro benzene ring substituents is 1. The zero-order valence-electron chi connectivity index (χ0n) is 15.4. The normalized spacial score (nSPS) is 10.8. The van der Waals surface area contributed by atoms with E-state index in [1.807, 2.05) is 0 Å². The second-order valence-corrected chi connectivity index (χ2v) is 7.39. The average molecular weight is 529 g/mol. The van der Waals surface area contributed by atoms with E-state index in [0.717, 1.165) is 0 Å². The number of halogens is 2. The highest BCUT2D eigenvalue weighted by atomic mass is 79.9. The van der Waals surface area contributed by atoms with E-state index in [4.69, 9.17) is 18.6 Å². The van der Waals surface area contributed by atoms with Gasteiger partial charge < -0.3 is 18.6 Å². The summed E-state index contributed by atoms with van der Waals surface area (Å²) in [7, 11) is 1.51. The molecule has 0 fully saturated rings. The second-order valence-electron chi connectivity index (χ2n) is 5.74. The quantitative estimate of drug-likeness (QED) is 0.222. The van der Waals surface area contributed by atoms with Gasteiger partial charge in [-0.2, -0.15) is 0 Å². The molecule has 3 rings (SSSR count). The number of hydrogen-bond acceptors (Lipinski definition) is 7. The molecule has 29 heavy (non-hydrogen) atoms. The van der Waals surface area contributed by atoms with Crippen LogP contribution in [0.5, 0.6) is 11.5 Å². The van der Waals surface area contributed by atoms with Crippen LogP contribution >= 0.6 is 31.9 Å². The molecule has 2 aromatic carbocycles. The number of esters is 1. The molecule has 152 valence electrons. The molecule has 3 aromatic rings. The molecule has 1 heterocycles. The van der Waals surface area contributed by atoms with E-state index in [1.165, 1.54) is 31.4 Å². The first-order valence-electron chi connectivity index (χ1n) is 8.39. The fourth-order valence-corrected chi connectivity index (χ4v) is 4.34. The van der Waals surface area contributed by atoms with E-state index in [-0.39, 0.29) is 30.2 Å². The van der Waals surface area contributed by atoms with E-state index in [0.29, 0.717) is 31.4 Å². The maximum Gasteiger partial charge on any atom is 0.342 e. The molecule has 0 saturated heterocycles. The molecule has 0 amide bonds. The number of fused-ring (bicyclic) bond motifs is 1. The Hall–Kier alpha value is -2.59. The highest BCUT2D eigenvalue weighted by Gasteiger charge is 2.27. The summed E-state index contributed by atoms with van der Waals surface area (Å²) in [5, 5.41) is 11.3. The number of methoxy groups -OCH3 is 1. The number of carbonyl (C=O) groups is 1. The minimum Gasteiger partial charge on any atom is -0.494 e. The molecule has 0 unspecified atom stereocenters. The van der Waals surface area contributed by atoms with E-state index in [9.17, 15) is 14.9 Å². The zero-order valence-corrected chi connectivity index (χ0v) is 18.5. The van der Waals surface area contributed by atoms with Gasteiger partial charge in [0, 0.05) is 12.1 Å². The summed E-state index contributed by atoms with van der Waals surface area (Å²) in [4.78, 5) is 22.9. The maximum atomic E-state index is 12.6. The van der Waals surface area contributed by atoms with Gasteiger partial charge in [0.25, 0.3) is 5.69 Å². The first kappa shape index (κ1) is 21.1. The van der Waals surface area contributed by atoms with Crippen molar-refractivity contribution in [3.63, 3.8) is 0 Å². The number of hydrogen-bond donors (Lipinski definition) is 0. The van der Waals surface area contributed by atoms with Crippen molar-refractivity contribution in [2.45, 2.75) is 13.5 Å². The predicted octanol–water partition coefficient (Wildman–Crippen LogP) is 5.63. The second kappa shape index (κ2) is 8.83. The Labute approximate surface area is 182 Å². The molecule has 8 nitrogen and oxygen atoms in total. The minimum atomic E-state index is -0.557. The van der Waals surface area contributed by atoms with Crippen LogP contribution < -0.4 is 9.47 Å². The number of nitrogens with zero attached hydrogens (tertiary/aromatic N) is 1. The van der Waals surface area contributed by atoms with Crippen molar-refractivity contribution in [2.75, 3.05) is 13.7 Å². The molecule has 0 spiro atoms. The van der Waals surface area contributed by atoms with Crippen LogP contribution in [0.25, 0.3) is 11.0 Å². The van der Waals surface area contributed by atoms with Gasteiger partial charge in [-0.15, -0.1) is 0 Å². The Morgan fingerprint density at radius 2 is 1.93 bits per heavy atom. The first-order chi connectivity index (χ1) is 13.9. The van der Waals surface area contributed by atoms with Crippen LogP contribution in [0, 0.1) is 10.1 Å². The Balaban J connectivity index is 2.01. The van der Waals surface area contributed by atoms with Gasteiger partial charge in [-0.05, 0) is 57.0 Å². The summed E-state index contributed by atoms with van der Waals surface area (Å²) in [6, 6.07) is 7.30. The maximum absolute atomic E-state index is 12.6. The zero-order chi connectivity index (χ0) is 21.1. The summed E-state index contributed by atoms with van der Waals surface area (Å²) >= 11 is 6.87. The van der Waals surface area contributed by atoms with Crippen LogP contribution in [-0.4, -0.2) is 24.6 Å². The summed E-state index contributed by atoms with van der Waals surface area (Å²) < 4.78 is 23.3. The van der Waals surface area contributed by atoms with Crippen molar-refractivity contribution in [3.8, 4) is 11.5 Å². The molecule has 0 aliphatic heterocycles. The lowest BCUT2D eigenvalue weighted by Gasteiger charge is -2.08. The number of nitro benzene ring substituents is 1. The average Bonchev–Trinajstić information content (AvgIpc) is 3.05. The van der Waals surface area contributed by atoms with E-state index in [2.05, 4.69) is 31.9 Å². The van der Waals surface area contributed by atoms with Crippen LogP contribution in [0.3, 0.4) is 0 Å². The molecule has 0 bridgehead atoms. The van der Waals surface area contributed by atoms with Crippen LogP contribution in [0.15, 0.2) is 43.7 Å². The molecule has 1 aromatic heterocycles. The lowest BCUT2D eigenvalue weighted by molar-refractivity contribution is -0.384. The van der Waals surface area contributed by atoms with Gasteiger partial charge >= 0.3 is 5.97 Å². The number of nitro groups is 1. The highest BCUT2D eigenvalue weighted by Crippen LogP contribution is 2.43. The van der Waals surface area contributed by atoms with Crippen molar-refractivity contribution in [2.24, 2.45) is 0 Å². The lowest BCUT2D eigenvalue weighted by Crippen LogP contribution is -2.08. The topological polar surface area (TPSA) is 101 Å². The number of ether oxygens (including phenoxy) is 3. The summed E-state index contributed by atoms with van der Waals surface area (Å²) in [6.07, 6.45) is 0. The van der Waals surface area contributed by atoms with Gasteiger partial charge in [0.15, 0.2) is 5.76 Å².